The van der Waals surface area contributed by atoms with Crippen molar-refractivity contribution in [3.05, 3.63) is 11.9 Å². The molecule has 8 aliphatic rings. The van der Waals surface area contributed by atoms with Crippen LogP contribution in [0.4, 0.5) is 8.78 Å². The maximum absolute atomic E-state index is 15.2. The van der Waals surface area contributed by atoms with E-state index < -0.39 is 157 Å². The van der Waals surface area contributed by atoms with E-state index in [1.807, 2.05) is 0 Å². The molecule has 0 radical (unpaired) electrons. The lowest BCUT2D eigenvalue weighted by Crippen LogP contribution is -2.61. The quantitative estimate of drug-likeness (QED) is 0.0782. The number of aliphatic hydroxyl groups is 1. The van der Waals surface area contributed by atoms with Gasteiger partial charge in [-0.25, -0.2) is 8.78 Å². The third-order valence-electron chi connectivity index (χ3n) is 21.4. The number of nitrogens with two attached hydrogens (primary N) is 2. The number of aliphatic hydroxyl groups excluding tert-OH is 1. The number of unbranched alkanes of at least 4 members (excludes halogenated alkanes) is 1. The minimum atomic E-state index is -1.90. The van der Waals surface area contributed by atoms with Gasteiger partial charge in [0.1, 0.15) is 60.7 Å². The minimum Gasteiger partial charge on any atom is -0.481 e. The molecule has 0 spiro atoms. The number of primary amides is 1. The predicted molar refractivity (Wildman–Crippen MR) is 349 cm³/mol. The summed E-state index contributed by atoms with van der Waals surface area (Å²) in [5.74, 6) is -10.9. The fourth-order valence-corrected chi connectivity index (χ4v) is 16.0. The monoisotopic (exact) mass is 1380 g/mol. The molecule has 31 nitrogen and oxygen atoms in total. The number of rotatable bonds is 15. The number of carbonyl (C=O) groups excluding carboxylic acids is 10. The van der Waals surface area contributed by atoms with Gasteiger partial charge >= 0.3 is 5.97 Å². The molecule has 9 unspecified atom stereocenters. The van der Waals surface area contributed by atoms with Crippen molar-refractivity contribution >= 4 is 65.0 Å². The number of carboxylic acids is 1. The second-order valence-electron chi connectivity index (χ2n) is 28.6. The van der Waals surface area contributed by atoms with Crippen LogP contribution in [0.3, 0.4) is 0 Å². The summed E-state index contributed by atoms with van der Waals surface area (Å²) in [4.78, 5) is 158. The summed E-state index contributed by atoms with van der Waals surface area (Å²) in [6, 6.07) is -11.6. The van der Waals surface area contributed by atoms with Gasteiger partial charge in [0.05, 0.1) is 24.8 Å². The van der Waals surface area contributed by atoms with E-state index in [1.165, 1.54) is 4.90 Å². The zero-order valence-electron chi connectivity index (χ0n) is 56.0. The molecule has 10 amide bonds. The van der Waals surface area contributed by atoms with Crippen LogP contribution in [0, 0.1) is 29.6 Å². The van der Waals surface area contributed by atoms with Gasteiger partial charge in [0.2, 0.25) is 59.1 Å². The second kappa shape index (κ2) is 36.3. The first-order valence-electron chi connectivity index (χ1n) is 35.7. The number of nitrogens with zero attached hydrogens (tertiary/aromatic N) is 4. The van der Waals surface area contributed by atoms with Crippen LogP contribution in [-0.2, 0) is 65.7 Å². The molecule has 6 heterocycles. The number of aryl methyl sites for hydroxylation is 2. The Morgan fingerprint density at radius 2 is 1.20 bits per heavy atom. The van der Waals surface area contributed by atoms with E-state index in [2.05, 4.69) is 74.1 Å². The van der Waals surface area contributed by atoms with Crippen LogP contribution < -0.4 is 75.3 Å². The Bertz CT molecular complexity index is 2940. The zero-order chi connectivity index (χ0) is 70.0. The first-order valence-corrected chi connectivity index (χ1v) is 35.7. The van der Waals surface area contributed by atoms with Crippen LogP contribution >= 0.6 is 0 Å². The highest BCUT2D eigenvalue weighted by Crippen LogP contribution is 2.40. The fraction of sp³-hybridized carbons (Fsp3) is 0.800. The topological polar surface area (TPSA) is 459 Å². The van der Waals surface area contributed by atoms with Crippen LogP contribution in [0.15, 0.2) is 6.20 Å². The summed E-state index contributed by atoms with van der Waals surface area (Å²) < 4.78 is 32.0. The number of amides is 10. The number of aliphatic carboxylic acids is 1. The average molecular weight is 1380 g/mol. The summed E-state index contributed by atoms with van der Waals surface area (Å²) in [5.41, 5.74) is 12.1. The number of carbonyl (C=O) groups is 11. The number of carboxylic acid groups (broad SMARTS) is 1. The number of hydrogen-bond donors (Lipinski definition) is 16. The number of alkyl halides is 2. The highest BCUT2D eigenvalue weighted by Gasteiger charge is 2.47. The second-order valence-corrected chi connectivity index (χ2v) is 28.6. The van der Waals surface area contributed by atoms with Crippen molar-refractivity contribution in [2.45, 2.75) is 252 Å². The van der Waals surface area contributed by atoms with Gasteiger partial charge in [-0.05, 0) is 197 Å². The Balaban J connectivity index is 1.02. The molecule has 1 aromatic heterocycles. The normalized spacial score (nSPS) is 35.2. The Morgan fingerprint density at radius 3 is 1.83 bits per heavy atom. The molecule has 9 rings (SSSR count). The van der Waals surface area contributed by atoms with E-state index >= 15 is 28.0 Å². The maximum atomic E-state index is 15.2. The molecule has 0 aromatic carbocycles. The number of fused-ring (bicyclic) bond motifs is 5. The summed E-state index contributed by atoms with van der Waals surface area (Å²) in [5, 5.41) is 64.2. The van der Waals surface area contributed by atoms with Crippen LogP contribution in [0.1, 0.15) is 160 Å². The minimum absolute atomic E-state index is 0.0174. The average Bonchev–Trinajstić information content (AvgIpc) is 1.89. The first kappa shape index (κ1) is 75.1. The lowest BCUT2D eigenvalue weighted by Gasteiger charge is -2.34. The fourth-order valence-electron chi connectivity index (χ4n) is 16.0. The van der Waals surface area contributed by atoms with Gasteiger partial charge in [-0.3, -0.25) is 57.4 Å². The van der Waals surface area contributed by atoms with Crippen molar-refractivity contribution in [3.63, 3.8) is 0 Å². The van der Waals surface area contributed by atoms with Crippen LogP contribution in [-0.4, -0.2) is 226 Å². The van der Waals surface area contributed by atoms with E-state index in [0.29, 0.717) is 129 Å². The largest absolute Gasteiger partial charge is 0.481 e. The van der Waals surface area contributed by atoms with E-state index in [4.69, 9.17) is 11.5 Å². The SMILES string of the molecule is NCCCC[C@@H]1NC(=O)CCCCn2cc(nn2)CC[C@@H](C(N)=O)NC(=O)[C@@H]2CCCN2C(=O)[C@H](CC2CCC(O)CC2)NC(=O)[C@H](CC2CNCN2)NC(=O)[C@H](CC(=O)O)NC(=O)[C@H](CC2CNC3CCC(F)CC23)NC(=O)[C@H](CC2CNC3CCC(F)CC23)NC(=O)CNC1=O. The molecular formula is C65H104F2N18O13. The van der Waals surface area contributed by atoms with Gasteiger partial charge in [-0.1, -0.05) is 5.21 Å². The Labute approximate surface area is 569 Å². The molecule has 3 saturated carbocycles. The zero-order valence-corrected chi connectivity index (χ0v) is 56.0. The summed E-state index contributed by atoms with van der Waals surface area (Å²) in [6.07, 6.45) is 4.40. The van der Waals surface area contributed by atoms with Gasteiger partial charge in [0, 0.05) is 57.0 Å². The Hall–Kier alpha value is -7.07. The molecule has 546 valence electrons. The van der Waals surface area contributed by atoms with Crippen molar-refractivity contribution in [1.29, 1.82) is 0 Å². The molecule has 2 bridgehead atoms. The molecule has 3 aliphatic carbocycles. The summed E-state index contributed by atoms with van der Waals surface area (Å²) >= 11 is 0. The number of hydrogen-bond acceptors (Lipinski definition) is 19. The van der Waals surface area contributed by atoms with E-state index in [0.717, 1.165) is 0 Å². The van der Waals surface area contributed by atoms with Crippen molar-refractivity contribution in [3.8, 4) is 0 Å². The van der Waals surface area contributed by atoms with Crippen LogP contribution in [0.2, 0.25) is 0 Å². The molecule has 18 N–H and O–H groups in total. The van der Waals surface area contributed by atoms with Crippen molar-refractivity contribution < 1.29 is 71.7 Å². The lowest BCUT2D eigenvalue weighted by atomic mass is 9.76. The number of nitrogens with one attached hydrogen (secondary N) is 12. The van der Waals surface area contributed by atoms with Gasteiger partial charge in [0.15, 0.2) is 0 Å². The first-order chi connectivity index (χ1) is 47.1. The molecule has 7 fully saturated rings. The molecule has 17 atom stereocenters. The highest BCUT2D eigenvalue weighted by molar-refractivity contribution is 5.99. The predicted octanol–water partition coefficient (Wildman–Crippen LogP) is -2.93. The molecule has 5 aliphatic heterocycles. The summed E-state index contributed by atoms with van der Waals surface area (Å²) in [6.45, 7) is 1.47. The maximum Gasteiger partial charge on any atom is 0.305 e. The smallest absolute Gasteiger partial charge is 0.305 e. The summed E-state index contributed by atoms with van der Waals surface area (Å²) in [7, 11) is 0. The molecule has 4 saturated heterocycles. The Kier molecular flexibility index (Phi) is 27.8. The molecule has 98 heavy (non-hydrogen) atoms. The van der Waals surface area contributed by atoms with E-state index in [9.17, 15) is 43.8 Å². The van der Waals surface area contributed by atoms with Gasteiger partial charge in [-0.15, -0.1) is 5.10 Å². The lowest BCUT2D eigenvalue weighted by molar-refractivity contribution is -0.143. The van der Waals surface area contributed by atoms with E-state index in [-0.39, 0.29) is 113 Å². The van der Waals surface area contributed by atoms with E-state index in [1.54, 1.807) is 10.9 Å². The van der Waals surface area contributed by atoms with Gasteiger partial charge in [-0.2, -0.15) is 0 Å². The third-order valence-corrected chi connectivity index (χ3v) is 21.4. The molecule has 33 heteroatoms. The number of aromatic nitrogens is 3. The van der Waals surface area contributed by atoms with Crippen molar-refractivity contribution in [2.75, 3.05) is 45.9 Å². The molecule has 1 aromatic rings. The standard InChI is InChI=1S/C65H104F2N18O13/c66-38-11-16-45-43(25-38)36(29-71-45)23-49-60(93)78-50(24-37-30-72-46-17-12-39(67)26-44(37)46)61(94)80-52(28-57(89)90)63(96)79-51(27-41-31-70-34-74-41)62(95)81-53(22-35-9-14-42(86)15-10-35)65(98)85-21-5-7-54(85)64(97)77-47(58(69)91)18-13-40-33-84(83-82-40)20-4-2-8-55(87)75-48(6-1-3-19-68)59(92)73-32-56(88)76-49/h33,35-39,41-54,70-72,74,86H,1-32,34,68H2,(H2,69,91)(H,73,92)(H,75,87)(H,76,88)(H,77,97)(H,78,93)(H,79,96)(H,80,94)(H,81,95)(H,89,90)/t35?,36?,37?,38?,39?,41?,42?,43?,44?,45?,46?,47-,48-,49-,50-,51-,52-,53-,54-/m0/s1. The van der Waals surface area contributed by atoms with Gasteiger partial charge in [0.25, 0.3) is 0 Å². The van der Waals surface area contributed by atoms with Crippen molar-refractivity contribution in [1.82, 2.24) is 83.7 Å². The van der Waals surface area contributed by atoms with Crippen molar-refractivity contribution in [2.24, 2.45) is 41.1 Å². The van der Waals surface area contributed by atoms with Crippen LogP contribution in [0.25, 0.3) is 0 Å². The third kappa shape index (κ3) is 21.5. The van der Waals surface area contributed by atoms with Gasteiger partial charge < -0.3 is 90.4 Å². The highest BCUT2D eigenvalue weighted by atomic mass is 19.1. The Morgan fingerprint density at radius 1 is 0.592 bits per heavy atom. The molecular weight excluding hydrogens is 1280 g/mol. The number of halogens is 2. The van der Waals surface area contributed by atoms with Crippen LogP contribution in [0.5, 0.6) is 0 Å².